The van der Waals surface area contributed by atoms with Gasteiger partial charge in [0.05, 0.1) is 0 Å². The van der Waals surface area contributed by atoms with Crippen LogP contribution in [-0.2, 0) is 4.79 Å². The Morgan fingerprint density at radius 1 is 1.33 bits per heavy atom. The maximum atomic E-state index is 12.8. The smallest absolute Gasteiger partial charge is 0.228 e. The van der Waals surface area contributed by atoms with E-state index in [1.165, 1.54) is 18.2 Å². The first-order chi connectivity index (χ1) is 7.00. The third-order valence-corrected chi connectivity index (χ3v) is 1.93. The summed E-state index contributed by atoms with van der Waals surface area (Å²) in [5, 5.41) is 0. The molecule has 0 saturated carbocycles. The largest absolute Gasteiger partial charge is 0.290 e. The molecule has 0 radical (unpaired) electrons. The van der Waals surface area contributed by atoms with Crippen molar-refractivity contribution in [1.82, 2.24) is 0 Å². The van der Waals surface area contributed by atoms with Crippen LogP contribution in [0.2, 0.25) is 0 Å². The molecule has 0 aromatic heterocycles. The van der Waals surface area contributed by atoms with Gasteiger partial charge in [-0.3, -0.25) is 9.59 Å². The van der Waals surface area contributed by atoms with Gasteiger partial charge >= 0.3 is 0 Å². The summed E-state index contributed by atoms with van der Waals surface area (Å²) in [6, 6.07) is 5.19. The van der Waals surface area contributed by atoms with Crippen molar-refractivity contribution in [2.24, 2.45) is 5.92 Å². The third kappa shape index (κ3) is 3.27. The van der Waals surface area contributed by atoms with E-state index in [0.29, 0.717) is 0 Å². The average Bonchev–Trinajstić information content (AvgIpc) is 2.15. The second kappa shape index (κ2) is 4.82. The third-order valence-electron chi connectivity index (χ3n) is 1.93. The van der Waals surface area contributed by atoms with Gasteiger partial charge in [-0.1, -0.05) is 26.0 Å². The fraction of sp³-hybridized carbons (Fsp3) is 0.333. The number of benzene rings is 1. The summed E-state index contributed by atoms with van der Waals surface area (Å²) >= 11 is 0. The number of Topliss-reactive ketones (excluding diaryl/α,β-unsaturated/α-hetero) is 2. The Hall–Kier alpha value is -1.51. The predicted molar refractivity (Wildman–Crippen MR) is 55.2 cm³/mol. The molecule has 0 heterocycles. The van der Waals surface area contributed by atoms with Crippen molar-refractivity contribution in [2.45, 2.75) is 20.3 Å². The molecular formula is C12H13FO2. The Morgan fingerprint density at radius 3 is 2.53 bits per heavy atom. The average molecular weight is 208 g/mol. The van der Waals surface area contributed by atoms with Crippen molar-refractivity contribution in [1.29, 1.82) is 0 Å². The summed E-state index contributed by atoms with van der Waals surface area (Å²) in [6.07, 6.45) is 0.204. The molecule has 0 fully saturated rings. The fourth-order valence-electron chi connectivity index (χ4n) is 1.25. The summed E-state index contributed by atoms with van der Waals surface area (Å²) in [5.74, 6) is -1.44. The molecule has 0 saturated heterocycles. The molecule has 2 nitrogen and oxygen atoms in total. The highest BCUT2D eigenvalue weighted by Crippen LogP contribution is 2.08. The molecule has 0 amide bonds. The van der Waals surface area contributed by atoms with E-state index in [9.17, 15) is 14.0 Å². The van der Waals surface area contributed by atoms with Crippen LogP contribution in [0, 0.1) is 11.7 Å². The van der Waals surface area contributed by atoms with Crippen LogP contribution in [0.3, 0.4) is 0 Å². The lowest BCUT2D eigenvalue weighted by molar-refractivity contribution is -0.115. The van der Waals surface area contributed by atoms with Gasteiger partial charge in [0.25, 0.3) is 0 Å². The van der Waals surface area contributed by atoms with Gasteiger partial charge in [-0.05, 0) is 18.1 Å². The zero-order chi connectivity index (χ0) is 11.4. The highest BCUT2D eigenvalue weighted by atomic mass is 19.1. The van der Waals surface area contributed by atoms with E-state index in [-0.39, 0.29) is 17.9 Å². The van der Waals surface area contributed by atoms with Crippen LogP contribution in [0.1, 0.15) is 30.6 Å². The summed E-state index contributed by atoms with van der Waals surface area (Å²) in [6.45, 7) is 3.72. The van der Waals surface area contributed by atoms with Crippen LogP contribution in [0.4, 0.5) is 4.39 Å². The Balaban J connectivity index is 2.81. The van der Waals surface area contributed by atoms with Crippen molar-refractivity contribution < 1.29 is 14.0 Å². The molecule has 1 rings (SSSR count). The SMILES string of the molecule is CC(C)CC(=O)C(=O)c1cccc(F)c1. The van der Waals surface area contributed by atoms with Gasteiger partial charge in [0.1, 0.15) is 5.82 Å². The van der Waals surface area contributed by atoms with E-state index < -0.39 is 17.4 Å². The first-order valence-corrected chi connectivity index (χ1v) is 4.84. The van der Waals surface area contributed by atoms with Gasteiger partial charge in [-0.25, -0.2) is 4.39 Å². The normalized spacial score (nSPS) is 10.4. The van der Waals surface area contributed by atoms with Crippen LogP contribution in [0.5, 0.6) is 0 Å². The zero-order valence-electron chi connectivity index (χ0n) is 8.79. The highest BCUT2D eigenvalue weighted by Gasteiger charge is 2.17. The fourth-order valence-corrected chi connectivity index (χ4v) is 1.25. The minimum Gasteiger partial charge on any atom is -0.290 e. The molecule has 3 heteroatoms. The van der Waals surface area contributed by atoms with Crippen LogP contribution < -0.4 is 0 Å². The minimum atomic E-state index is -0.608. The summed E-state index contributed by atoms with van der Waals surface area (Å²) < 4.78 is 12.8. The van der Waals surface area contributed by atoms with Gasteiger partial charge in [0, 0.05) is 12.0 Å². The molecule has 0 aliphatic heterocycles. The van der Waals surface area contributed by atoms with Gasteiger partial charge in [-0.2, -0.15) is 0 Å². The Kier molecular flexibility index (Phi) is 3.72. The molecule has 80 valence electrons. The Bertz CT molecular complexity index is 383. The molecule has 0 bridgehead atoms. The van der Waals surface area contributed by atoms with Crippen LogP contribution in [-0.4, -0.2) is 11.6 Å². The van der Waals surface area contributed by atoms with Crippen molar-refractivity contribution in [3.63, 3.8) is 0 Å². The quantitative estimate of drug-likeness (QED) is 0.563. The lowest BCUT2D eigenvalue weighted by Crippen LogP contribution is -2.16. The van der Waals surface area contributed by atoms with Gasteiger partial charge < -0.3 is 0 Å². The molecule has 1 aromatic rings. The second-order valence-electron chi connectivity index (χ2n) is 3.86. The number of hydrogen-bond donors (Lipinski definition) is 0. The molecule has 1 aromatic carbocycles. The van der Waals surface area contributed by atoms with Crippen LogP contribution >= 0.6 is 0 Å². The molecule has 0 N–H and O–H groups in total. The maximum absolute atomic E-state index is 12.8. The molecule has 0 unspecified atom stereocenters. The summed E-state index contributed by atoms with van der Waals surface area (Å²) in [5.41, 5.74) is 0.126. The monoisotopic (exact) mass is 208 g/mol. The lowest BCUT2D eigenvalue weighted by atomic mass is 10.00. The molecule has 0 aliphatic rings. The number of carbonyl (C=O) groups is 2. The first-order valence-electron chi connectivity index (χ1n) is 4.84. The van der Waals surface area contributed by atoms with Crippen molar-refractivity contribution in [3.05, 3.63) is 35.6 Å². The summed E-state index contributed by atoms with van der Waals surface area (Å²) in [7, 11) is 0. The van der Waals surface area contributed by atoms with E-state index in [1.807, 2.05) is 13.8 Å². The van der Waals surface area contributed by atoms with Crippen LogP contribution in [0.15, 0.2) is 24.3 Å². The van der Waals surface area contributed by atoms with Gasteiger partial charge in [0.15, 0.2) is 0 Å². The topological polar surface area (TPSA) is 34.1 Å². The Labute approximate surface area is 88.1 Å². The molecule has 15 heavy (non-hydrogen) atoms. The maximum Gasteiger partial charge on any atom is 0.228 e. The van der Waals surface area contributed by atoms with Gasteiger partial charge in [0.2, 0.25) is 11.6 Å². The summed E-state index contributed by atoms with van der Waals surface area (Å²) in [4.78, 5) is 22.9. The molecule has 0 spiro atoms. The van der Waals surface area contributed by atoms with E-state index in [2.05, 4.69) is 0 Å². The molecule has 0 atom stereocenters. The van der Waals surface area contributed by atoms with E-state index >= 15 is 0 Å². The van der Waals surface area contributed by atoms with Crippen LogP contribution in [0.25, 0.3) is 0 Å². The number of rotatable bonds is 4. The number of carbonyl (C=O) groups excluding carboxylic acids is 2. The Morgan fingerprint density at radius 2 is 2.00 bits per heavy atom. The number of hydrogen-bond acceptors (Lipinski definition) is 2. The van der Waals surface area contributed by atoms with E-state index in [4.69, 9.17) is 0 Å². The molecule has 0 aliphatic carbocycles. The zero-order valence-corrected chi connectivity index (χ0v) is 8.79. The predicted octanol–water partition coefficient (Wildman–Crippen LogP) is 2.62. The van der Waals surface area contributed by atoms with Crippen molar-refractivity contribution >= 4 is 11.6 Å². The lowest BCUT2D eigenvalue weighted by Gasteiger charge is -2.02. The molecular weight excluding hydrogens is 195 g/mol. The van der Waals surface area contributed by atoms with E-state index in [0.717, 1.165) is 6.07 Å². The van der Waals surface area contributed by atoms with Crippen molar-refractivity contribution in [3.8, 4) is 0 Å². The minimum absolute atomic E-state index is 0.126. The standard InChI is InChI=1S/C12H13FO2/c1-8(2)6-11(14)12(15)9-4-3-5-10(13)7-9/h3-5,7-8H,6H2,1-2H3. The number of ketones is 2. The van der Waals surface area contributed by atoms with E-state index in [1.54, 1.807) is 0 Å². The highest BCUT2D eigenvalue weighted by molar-refractivity contribution is 6.43. The van der Waals surface area contributed by atoms with Gasteiger partial charge in [-0.15, -0.1) is 0 Å². The second-order valence-corrected chi connectivity index (χ2v) is 3.86. The van der Waals surface area contributed by atoms with Crippen molar-refractivity contribution in [2.75, 3.05) is 0 Å². The first kappa shape index (κ1) is 11.6. The number of halogens is 1.